The maximum absolute atomic E-state index is 9.97. The highest BCUT2D eigenvalue weighted by Gasteiger charge is 2.15. The molecule has 2 rings (SSSR count). The standard InChI is InChI=1S/C11H17N5O/c12-7-11-14-3-6-16(11)9-10(17)8-15-4-1-13-2-5-15/h3,6,10,13,17H,1-2,4-5,8-9H2. The van der Waals surface area contributed by atoms with Crippen molar-refractivity contribution in [3.05, 3.63) is 18.2 Å². The molecule has 0 saturated carbocycles. The highest BCUT2D eigenvalue weighted by Crippen LogP contribution is 2.01. The number of imidazole rings is 1. The van der Waals surface area contributed by atoms with Crippen LogP contribution in [0.4, 0.5) is 0 Å². The summed E-state index contributed by atoms with van der Waals surface area (Å²) >= 11 is 0. The van der Waals surface area contributed by atoms with Crippen LogP contribution in [0.1, 0.15) is 5.82 Å². The smallest absolute Gasteiger partial charge is 0.212 e. The van der Waals surface area contributed by atoms with Gasteiger partial charge in [-0.2, -0.15) is 5.26 Å². The van der Waals surface area contributed by atoms with E-state index in [1.165, 1.54) is 0 Å². The van der Waals surface area contributed by atoms with Gasteiger partial charge in [-0.3, -0.25) is 4.90 Å². The lowest BCUT2D eigenvalue weighted by Crippen LogP contribution is -2.46. The van der Waals surface area contributed by atoms with E-state index in [2.05, 4.69) is 15.2 Å². The number of hydrogen-bond acceptors (Lipinski definition) is 5. The van der Waals surface area contributed by atoms with E-state index in [-0.39, 0.29) is 0 Å². The highest BCUT2D eigenvalue weighted by atomic mass is 16.3. The first-order valence-corrected chi connectivity index (χ1v) is 5.82. The van der Waals surface area contributed by atoms with Gasteiger partial charge in [0.1, 0.15) is 6.07 Å². The molecule has 2 heterocycles. The van der Waals surface area contributed by atoms with Crippen molar-refractivity contribution in [2.45, 2.75) is 12.6 Å². The normalized spacial score (nSPS) is 18.8. The Labute approximate surface area is 100 Å². The van der Waals surface area contributed by atoms with E-state index in [0.717, 1.165) is 26.2 Å². The summed E-state index contributed by atoms with van der Waals surface area (Å²) in [7, 11) is 0. The molecule has 1 unspecified atom stereocenters. The summed E-state index contributed by atoms with van der Waals surface area (Å²) in [6, 6.07) is 2.00. The molecule has 0 bridgehead atoms. The molecule has 1 saturated heterocycles. The van der Waals surface area contributed by atoms with E-state index >= 15 is 0 Å². The van der Waals surface area contributed by atoms with Crippen LogP contribution >= 0.6 is 0 Å². The molecule has 1 aliphatic heterocycles. The number of rotatable bonds is 4. The van der Waals surface area contributed by atoms with Gasteiger partial charge in [-0.25, -0.2) is 4.98 Å². The number of β-amino-alcohol motifs (C(OH)–C–C–N with tert-alkyl or cyclic N) is 1. The van der Waals surface area contributed by atoms with Crippen LogP contribution in [0.5, 0.6) is 0 Å². The third-order valence-electron chi connectivity index (χ3n) is 2.90. The van der Waals surface area contributed by atoms with Gasteiger partial charge in [-0.1, -0.05) is 0 Å². The first-order valence-electron chi connectivity index (χ1n) is 5.82. The van der Waals surface area contributed by atoms with Crippen molar-refractivity contribution in [1.82, 2.24) is 19.8 Å². The average molecular weight is 235 g/mol. The van der Waals surface area contributed by atoms with E-state index in [0.29, 0.717) is 18.9 Å². The number of nitrogens with one attached hydrogen (secondary N) is 1. The second-order valence-corrected chi connectivity index (χ2v) is 4.22. The van der Waals surface area contributed by atoms with Gasteiger partial charge in [0.25, 0.3) is 0 Å². The number of nitrogens with zero attached hydrogens (tertiary/aromatic N) is 4. The molecule has 0 radical (unpaired) electrons. The number of aliphatic hydroxyl groups excluding tert-OH is 1. The topological polar surface area (TPSA) is 77.1 Å². The Hall–Kier alpha value is -1.42. The predicted octanol–water partition coefficient (Wildman–Crippen LogP) is -0.979. The van der Waals surface area contributed by atoms with Crippen molar-refractivity contribution in [3.8, 4) is 6.07 Å². The van der Waals surface area contributed by atoms with Gasteiger partial charge in [0.05, 0.1) is 12.6 Å². The maximum atomic E-state index is 9.97. The van der Waals surface area contributed by atoms with Crippen LogP contribution in [0.2, 0.25) is 0 Å². The van der Waals surface area contributed by atoms with Crippen LogP contribution < -0.4 is 5.32 Å². The average Bonchev–Trinajstić information content (AvgIpc) is 2.77. The lowest BCUT2D eigenvalue weighted by atomic mass is 10.3. The zero-order valence-electron chi connectivity index (χ0n) is 9.71. The molecule has 2 N–H and O–H groups in total. The first kappa shape index (κ1) is 12.0. The second-order valence-electron chi connectivity index (χ2n) is 4.22. The van der Waals surface area contributed by atoms with E-state index in [1.54, 1.807) is 17.0 Å². The maximum Gasteiger partial charge on any atom is 0.212 e. The molecule has 1 fully saturated rings. The minimum Gasteiger partial charge on any atom is -0.390 e. The fourth-order valence-electron chi connectivity index (χ4n) is 2.05. The van der Waals surface area contributed by atoms with Gasteiger partial charge in [0.2, 0.25) is 5.82 Å². The number of piperazine rings is 1. The summed E-state index contributed by atoms with van der Waals surface area (Å²) in [5.74, 6) is 0.351. The largest absolute Gasteiger partial charge is 0.390 e. The van der Waals surface area contributed by atoms with Crippen LogP contribution in [-0.2, 0) is 6.54 Å². The van der Waals surface area contributed by atoms with Gasteiger partial charge in [-0.05, 0) is 0 Å². The molecule has 0 amide bonds. The van der Waals surface area contributed by atoms with E-state index in [4.69, 9.17) is 5.26 Å². The fourth-order valence-corrected chi connectivity index (χ4v) is 2.05. The number of nitriles is 1. The Morgan fingerprint density at radius 2 is 2.24 bits per heavy atom. The van der Waals surface area contributed by atoms with Gasteiger partial charge < -0.3 is 15.0 Å². The van der Waals surface area contributed by atoms with Crippen LogP contribution in [0.25, 0.3) is 0 Å². The molecule has 1 atom stereocenters. The number of aliphatic hydroxyl groups is 1. The van der Waals surface area contributed by atoms with Crippen LogP contribution in [0.3, 0.4) is 0 Å². The SMILES string of the molecule is N#Cc1nccn1CC(O)CN1CCNCC1. The van der Waals surface area contributed by atoms with Gasteiger partial charge in [0, 0.05) is 45.1 Å². The van der Waals surface area contributed by atoms with Gasteiger partial charge in [-0.15, -0.1) is 0 Å². The molecule has 6 nitrogen and oxygen atoms in total. The minimum atomic E-state index is -0.464. The summed E-state index contributed by atoms with van der Waals surface area (Å²) in [6.45, 7) is 4.94. The number of aromatic nitrogens is 2. The van der Waals surface area contributed by atoms with Crippen molar-refractivity contribution in [2.75, 3.05) is 32.7 Å². The van der Waals surface area contributed by atoms with Crippen LogP contribution in [0, 0.1) is 11.3 Å². The summed E-state index contributed by atoms with van der Waals surface area (Å²) in [6.07, 6.45) is 2.84. The zero-order chi connectivity index (χ0) is 12.1. The van der Waals surface area contributed by atoms with Gasteiger partial charge in [0.15, 0.2) is 0 Å². The minimum absolute atomic E-state index is 0.351. The number of hydrogen-bond donors (Lipinski definition) is 2. The zero-order valence-corrected chi connectivity index (χ0v) is 9.71. The molecule has 1 aromatic heterocycles. The highest BCUT2D eigenvalue weighted by molar-refractivity contribution is 5.11. The Morgan fingerprint density at radius 3 is 2.94 bits per heavy atom. The summed E-state index contributed by atoms with van der Waals surface area (Å²) in [5, 5.41) is 22.1. The Morgan fingerprint density at radius 1 is 1.47 bits per heavy atom. The molecule has 6 heteroatoms. The second kappa shape index (κ2) is 5.77. The molecule has 0 spiro atoms. The molecule has 1 aromatic rings. The molecule has 1 aliphatic rings. The van der Waals surface area contributed by atoms with Crippen molar-refractivity contribution < 1.29 is 5.11 Å². The lowest BCUT2D eigenvalue weighted by Gasteiger charge is -2.29. The lowest BCUT2D eigenvalue weighted by molar-refractivity contribution is 0.0915. The third-order valence-corrected chi connectivity index (χ3v) is 2.90. The van der Waals surface area contributed by atoms with Crippen molar-refractivity contribution in [2.24, 2.45) is 0 Å². The van der Waals surface area contributed by atoms with E-state index < -0.39 is 6.10 Å². The molecular weight excluding hydrogens is 218 g/mol. The Kier molecular flexibility index (Phi) is 4.09. The quantitative estimate of drug-likeness (QED) is 0.701. The molecule has 92 valence electrons. The monoisotopic (exact) mass is 235 g/mol. The fraction of sp³-hybridized carbons (Fsp3) is 0.636. The van der Waals surface area contributed by atoms with E-state index in [9.17, 15) is 5.11 Å². The van der Waals surface area contributed by atoms with Crippen molar-refractivity contribution in [3.63, 3.8) is 0 Å². The van der Waals surface area contributed by atoms with Crippen LogP contribution in [0.15, 0.2) is 12.4 Å². The summed E-state index contributed by atoms with van der Waals surface area (Å²) in [5.41, 5.74) is 0. The predicted molar refractivity (Wildman–Crippen MR) is 62.3 cm³/mol. The van der Waals surface area contributed by atoms with Crippen LogP contribution in [-0.4, -0.2) is 58.4 Å². The Bertz CT molecular complexity index is 391. The third kappa shape index (κ3) is 3.27. The van der Waals surface area contributed by atoms with E-state index in [1.807, 2.05) is 6.07 Å². The summed E-state index contributed by atoms with van der Waals surface area (Å²) in [4.78, 5) is 6.13. The van der Waals surface area contributed by atoms with Crippen molar-refractivity contribution in [1.29, 1.82) is 5.26 Å². The van der Waals surface area contributed by atoms with Crippen molar-refractivity contribution >= 4 is 0 Å². The molecular formula is C11H17N5O. The molecule has 0 aliphatic carbocycles. The Balaban J connectivity index is 1.84. The first-order chi connectivity index (χ1) is 8.29. The molecule has 0 aromatic carbocycles. The summed E-state index contributed by atoms with van der Waals surface area (Å²) < 4.78 is 1.69. The van der Waals surface area contributed by atoms with Gasteiger partial charge >= 0.3 is 0 Å². The molecule has 17 heavy (non-hydrogen) atoms.